The minimum Gasteiger partial charge on any atom is -0.394 e. The first-order valence-corrected chi connectivity index (χ1v) is 22.5. The molecule has 0 aliphatic rings. The first-order chi connectivity index (χ1) is 24.6. The Balaban J connectivity index is 3.62. The van der Waals surface area contributed by atoms with Crippen molar-refractivity contribution in [1.82, 2.24) is 5.32 Å². The van der Waals surface area contributed by atoms with Crippen LogP contribution >= 0.6 is 0 Å². The molecule has 0 rings (SSSR count). The average Bonchev–Trinajstić information content (AvgIpc) is 3.12. The van der Waals surface area contributed by atoms with Crippen molar-refractivity contribution in [2.45, 2.75) is 263 Å². The van der Waals surface area contributed by atoms with E-state index >= 15 is 0 Å². The highest BCUT2D eigenvalue weighted by Crippen LogP contribution is 2.16. The van der Waals surface area contributed by atoms with Crippen LogP contribution in [0.15, 0.2) is 12.2 Å². The van der Waals surface area contributed by atoms with Crippen LogP contribution in [0.5, 0.6) is 0 Å². The number of carbonyl (C=O) groups is 1. The van der Waals surface area contributed by atoms with E-state index in [9.17, 15) is 20.1 Å². The van der Waals surface area contributed by atoms with E-state index in [1.807, 2.05) is 0 Å². The maximum atomic E-state index is 12.4. The molecule has 0 aromatic carbocycles. The van der Waals surface area contributed by atoms with Crippen LogP contribution in [0.25, 0.3) is 0 Å². The normalized spacial score (nSPS) is 13.6. The Kier molecular flexibility index (Phi) is 40.1. The predicted molar refractivity (Wildman–Crippen MR) is 218 cm³/mol. The van der Waals surface area contributed by atoms with Gasteiger partial charge in [0, 0.05) is 6.42 Å². The van der Waals surface area contributed by atoms with Crippen molar-refractivity contribution in [3.8, 4) is 0 Å². The van der Waals surface area contributed by atoms with Gasteiger partial charge in [0.2, 0.25) is 5.91 Å². The number of rotatable bonds is 41. The van der Waals surface area contributed by atoms with Crippen LogP contribution < -0.4 is 5.32 Å². The Labute approximate surface area is 312 Å². The lowest BCUT2D eigenvalue weighted by molar-refractivity contribution is -0.124. The quantitative estimate of drug-likeness (QED) is 0.0376. The highest BCUT2D eigenvalue weighted by molar-refractivity contribution is 5.76. The van der Waals surface area contributed by atoms with Crippen LogP contribution in [0.4, 0.5) is 0 Å². The molecule has 0 aromatic heterocycles. The Bertz CT molecular complexity index is 699. The van der Waals surface area contributed by atoms with Gasteiger partial charge in [-0.05, 0) is 38.5 Å². The van der Waals surface area contributed by atoms with E-state index in [0.717, 1.165) is 38.5 Å². The number of hydrogen-bond acceptors (Lipinski definition) is 4. The van der Waals surface area contributed by atoms with Gasteiger partial charge in [0.25, 0.3) is 0 Å². The topological polar surface area (TPSA) is 89.8 Å². The summed E-state index contributed by atoms with van der Waals surface area (Å²) in [6.07, 6.45) is 47.5. The molecule has 1 amide bonds. The molecule has 0 aromatic rings. The van der Waals surface area contributed by atoms with E-state index in [2.05, 4.69) is 31.3 Å². The highest BCUT2D eigenvalue weighted by Gasteiger charge is 2.26. The van der Waals surface area contributed by atoms with E-state index in [4.69, 9.17) is 0 Å². The SMILES string of the molecule is CCCCCCCCCCCCCCCCCC/C=C/CCCC(O)C(O)C(CO)NC(=O)CCCCCCCCCCCCCCCCC. The van der Waals surface area contributed by atoms with Crippen molar-refractivity contribution in [2.24, 2.45) is 0 Å². The third-order valence-electron chi connectivity index (χ3n) is 10.6. The van der Waals surface area contributed by atoms with Crippen LogP contribution in [0, 0.1) is 0 Å². The van der Waals surface area contributed by atoms with Crippen molar-refractivity contribution >= 4 is 5.91 Å². The second-order valence-corrected chi connectivity index (χ2v) is 15.6. The molecule has 50 heavy (non-hydrogen) atoms. The second kappa shape index (κ2) is 40.9. The average molecular weight is 708 g/mol. The van der Waals surface area contributed by atoms with Gasteiger partial charge in [-0.3, -0.25) is 4.79 Å². The lowest BCUT2D eigenvalue weighted by Crippen LogP contribution is -2.50. The van der Waals surface area contributed by atoms with Gasteiger partial charge in [0.05, 0.1) is 18.8 Å². The van der Waals surface area contributed by atoms with Crippen molar-refractivity contribution < 1.29 is 20.1 Å². The third-order valence-corrected chi connectivity index (χ3v) is 10.6. The van der Waals surface area contributed by atoms with E-state index in [-0.39, 0.29) is 12.5 Å². The molecule has 5 nitrogen and oxygen atoms in total. The smallest absolute Gasteiger partial charge is 0.220 e. The number of nitrogens with one attached hydrogen (secondary N) is 1. The molecular formula is C45H89NO4. The molecule has 0 heterocycles. The van der Waals surface area contributed by atoms with Crippen LogP contribution in [-0.2, 0) is 4.79 Å². The number of hydrogen-bond donors (Lipinski definition) is 4. The molecule has 0 aliphatic heterocycles. The molecule has 0 fully saturated rings. The van der Waals surface area contributed by atoms with Gasteiger partial charge in [-0.2, -0.15) is 0 Å². The first-order valence-electron chi connectivity index (χ1n) is 22.5. The second-order valence-electron chi connectivity index (χ2n) is 15.6. The molecular weight excluding hydrogens is 618 g/mol. The van der Waals surface area contributed by atoms with E-state index in [0.29, 0.717) is 12.8 Å². The molecule has 0 saturated carbocycles. The zero-order chi connectivity index (χ0) is 36.6. The summed E-state index contributed by atoms with van der Waals surface area (Å²) in [7, 11) is 0. The highest BCUT2D eigenvalue weighted by atomic mass is 16.3. The van der Waals surface area contributed by atoms with Crippen molar-refractivity contribution in [1.29, 1.82) is 0 Å². The monoisotopic (exact) mass is 708 g/mol. The maximum absolute atomic E-state index is 12.4. The molecule has 0 bridgehead atoms. The molecule has 0 saturated heterocycles. The summed E-state index contributed by atoms with van der Waals surface area (Å²) in [6, 6.07) is -0.820. The van der Waals surface area contributed by atoms with Crippen molar-refractivity contribution in [2.75, 3.05) is 6.61 Å². The number of aliphatic hydroxyl groups is 3. The van der Waals surface area contributed by atoms with Crippen LogP contribution in [0.2, 0.25) is 0 Å². The third kappa shape index (κ3) is 35.5. The van der Waals surface area contributed by atoms with Gasteiger partial charge < -0.3 is 20.6 Å². The standard InChI is InChI=1S/C45H89NO4/c1-3-5-7-9-11-13-15-17-19-20-21-22-23-24-26-27-29-31-33-35-37-39-43(48)45(50)42(41-47)46-44(49)40-38-36-34-32-30-28-25-18-16-14-12-10-8-6-4-2/h31,33,42-43,45,47-48,50H,3-30,32,34-41H2,1-2H3,(H,46,49)/b33-31+. The van der Waals surface area contributed by atoms with Crippen molar-refractivity contribution in [3.05, 3.63) is 12.2 Å². The van der Waals surface area contributed by atoms with E-state index in [1.54, 1.807) is 0 Å². The summed E-state index contributed by atoms with van der Waals surface area (Å²) in [6.45, 7) is 4.18. The molecule has 3 unspecified atom stereocenters. The molecule has 0 spiro atoms. The molecule has 0 radical (unpaired) electrons. The van der Waals surface area contributed by atoms with E-state index < -0.39 is 18.2 Å². The fraction of sp³-hybridized carbons (Fsp3) is 0.933. The van der Waals surface area contributed by atoms with Crippen LogP contribution in [-0.4, -0.2) is 46.1 Å². The van der Waals surface area contributed by atoms with Crippen molar-refractivity contribution in [3.63, 3.8) is 0 Å². The Morgan fingerprint density at radius 3 is 1.16 bits per heavy atom. The summed E-state index contributed by atoms with van der Waals surface area (Å²) in [5.41, 5.74) is 0. The minimum atomic E-state index is -1.15. The Hall–Kier alpha value is -0.910. The summed E-state index contributed by atoms with van der Waals surface area (Å²) >= 11 is 0. The number of allylic oxidation sites excluding steroid dienone is 2. The predicted octanol–water partition coefficient (Wildman–Crippen LogP) is 12.8. The summed E-state index contributed by atoms with van der Waals surface area (Å²) in [5, 5.41) is 33.5. The maximum Gasteiger partial charge on any atom is 0.220 e. The first kappa shape index (κ1) is 49.1. The van der Waals surface area contributed by atoms with Crippen LogP contribution in [0.1, 0.15) is 245 Å². The van der Waals surface area contributed by atoms with Gasteiger partial charge in [0.15, 0.2) is 0 Å². The summed E-state index contributed by atoms with van der Waals surface area (Å²) in [4.78, 5) is 12.4. The van der Waals surface area contributed by atoms with Gasteiger partial charge in [-0.25, -0.2) is 0 Å². The summed E-state index contributed by atoms with van der Waals surface area (Å²) < 4.78 is 0. The van der Waals surface area contributed by atoms with Gasteiger partial charge in [-0.1, -0.05) is 212 Å². The Morgan fingerprint density at radius 1 is 0.480 bits per heavy atom. The number of unbranched alkanes of at least 4 members (excludes halogenated alkanes) is 31. The molecule has 298 valence electrons. The van der Waals surface area contributed by atoms with Crippen LogP contribution in [0.3, 0.4) is 0 Å². The zero-order valence-corrected chi connectivity index (χ0v) is 33.8. The lowest BCUT2D eigenvalue weighted by atomic mass is 10.0. The molecule has 0 aliphatic carbocycles. The van der Waals surface area contributed by atoms with Gasteiger partial charge >= 0.3 is 0 Å². The summed E-state index contributed by atoms with van der Waals surface area (Å²) in [5.74, 6) is -0.151. The Morgan fingerprint density at radius 2 is 0.800 bits per heavy atom. The number of carbonyl (C=O) groups excluding carboxylic acids is 1. The molecule has 4 N–H and O–H groups in total. The van der Waals surface area contributed by atoms with Gasteiger partial charge in [-0.15, -0.1) is 0 Å². The molecule has 5 heteroatoms. The minimum absolute atomic E-state index is 0.151. The van der Waals surface area contributed by atoms with Gasteiger partial charge in [0.1, 0.15) is 6.10 Å². The lowest BCUT2D eigenvalue weighted by Gasteiger charge is -2.26. The number of amides is 1. The van der Waals surface area contributed by atoms with E-state index in [1.165, 1.54) is 180 Å². The zero-order valence-electron chi connectivity index (χ0n) is 33.8. The number of aliphatic hydroxyl groups excluding tert-OH is 3. The largest absolute Gasteiger partial charge is 0.394 e. The fourth-order valence-corrected chi connectivity index (χ4v) is 7.10. The fourth-order valence-electron chi connectivity index (χ4n) is 7.10. The molecule has 3 atom stereocenters.